The lowest BCUT2D eigenvalue weighted by atomic mass is 10.2. The molecule has 110 valence electrons. The van der Waals surface area contributed by atoms with Crippen molar-refractivity contribution in [2.45, 2.75) is 6.92 Å². The molecule has 6 nitrogen and oxygen atoms in total. The third-order valence-electron chi connectivity index (χ3n) is 3.01. The summed E-state index contributed by atoms with van der Waals surface area (Å²) >= 11 is 0. The Morgan fingerprint density at radius 1 is 1.19 bits per heavy atom. The molecule has 0 atom stereocenters. The Labute approximate surface area is 121 Å². The third kappa shape index (κ3) is 2.91. The number of carbonyl (C=O) groups excluding carboxylic acids is 2. The SMILES string of the molecule is CNC(=O)c1c(NC(=O)c2ccc(F)cc2)c(C)nn1C. The summed E-state index contributed by atoms with van der Waals surface area (Å²) in [6.45, 7) is 1.69. The van der Waals surface area contributed by atoms with Gasteiger partial charge in [-0.15, -0.1) is 0 Å². The Kier molecular flexibility index (Phi) is 4.02. The largest absolute Gasteiger partial charge is 0.354 e. The molecule has 0 fully saturated rings. The van der Waals surface area contributed by atoms with Crippen molar-refractivity contribution < 1.29 is 14.0 Å². The zero-order valence-corrected chi connectivity index (χ0v) is 11.9. The van der Waals surface area contributed by atoms with Crippen LogP contribution in [0, 0.1) is 12.7 Å². The maximum Gasteiger partial charge on any atom is 0.271 e. The van der Waals surface area contributed by atoms with E-state index < -0.39 is 11.7 Å². The summed E-state index contributed by atoms with van der Waals surface area (Å²) in [7, 11) is 3.11. The number of aromatic nitrogens is 2. The fraction of sp³-hybridized carbons (Fsp3) is 0.214. The van der Waals surface area contributed by atoms with Crippen molar-refractivity contribution in [3.05, 3.63) is 47.0 Å². The molecule has 0 aliphatic rings. The highest BCUT2D eigenvalue weighted by Gasteiger charge is 2.21. The van der Waals surface area contributed by atoms with Crippen LogP contribution in [0.5, 0.6) is 0 Å². The van der Waals surface area contributed by atoms with Crippen LogP contribution < -0.4 is 10.6 Å². The first-order valence-electron chi connectivity index (χ1n) is 6.26. The first-order chi connectivity index (χ1) is 9.93. The zero-order chi connectivity index (χ0) is 15.6. The summed E-state index contributed by atoms with van der Waals surface area (Å²) in [5, 5.41) is 9.26. The van der Waals surface area contributed by atoms with E-state index in [4.69, 9.17) is 0 Å². The van der Waals surface area contributed by atoms with Gasteiger partial charge in [0.1, 0.15) is 11.5 Å². The van der Waals surface area contributed by atoms with Crippen LogP contribution in [0.25, 0.3) is 0 Å². The van der Waals surface area contributed by atoms with Crippen molar-refractivity contribution in [2.24, 2.45) is 7.05 Å². The van der Waals surface area contributed by atoms with Crippen LogP contribution in [0.3, 0.4) is 0 Å². The van der Waals surface area contributed by atoms with E-state index in [0.717, 1.165) is 0 Å². The molecule has 2 amide bonds. The van der Waals surface area contributed by atoms with E-state index in [1.165, 1.54) is 36.0 Å². The van der Waals surface area contributed by atoms with Crippen LogP contribution in [0.15, 0.2) is 24.3 Å². The molecule has 7 heteroatoms. The molecule has 1 aromatic heterocycles. The number of carbonyl (C=O) groups is 2. The van der Waals surface area contributed by atoms with E-state index in [-0.39, 0.29) is 11.6 Å². The monoisotopic (exact) mass is 290 g/mol. The van der Waals surface area contributed by atoms with Crippen molar-refractivity contribution in [3.8, 4) is 0 Å². The lowest BCUT2D eigenvalue weighted by Gasteiger charge is -2.07. The highest BCUT2D eigenvalue weighted by molar-refractivity contribution is 6.08. The van der Waals surface area contributed by atoms with Gasteiger partial charge >= 0.3 is 0 Å². The topological polar surface area (TPSA) is 76.0 Å². The number of rotatable bonds is 3. The Bertz CT molecular complexity index is 692. The van der Waals surface area contributed by atoms with Crippen molar-refractivity contribution in [1.29, 1.82) is 0 Å². The molecule has 0 saturated heterocycles. The maximum atomic E-state index is 12.9. The number of nitrogens with one attached hydrogen (secondary N) is 2. The van der Waals surface area contributed by atoms with Crippen LogP contribution in [0.1, 0.15) is 26.5 Å². The fourth-order valence-corrected chi connectivity index (χ4v) is 1.97. The summed E-state index contributed by atoms with van der Waals surface area (Å²) in [6, 6.07) is 5.14. The predicted molar refractivity (Wildman–Crippen MR) is 75.7 cm³/mol. The van der Waals surface area contributed by atoms with Crippen molar-refractivity contribution in [1.82, 2.24) is 15.1 Å². The number of benzene rings is 1. The Balaban J connectivity index is 2.33. The van der Waals surface area contributed by atoms with Crippen molar-refractivity contribution >= 4 is 17.5 Å². The zero-order valence-electron chi connectivity index (χ0n) is 11.9. The highest BCUT2D eigenvalue weighted by Crippen LogP contribution is 2.20. The van der Waals surface area contributed by atoms with Crippen molar-refractivity contribution in [3.63, 3.8) is 0 Å². The van der Waals surface area contributed by atoms with Crippen LogP contribution in [-0.2, 0) is 7.05 Å². The van der Waals surface area contributed by atoms with E-state index in [1.807, 2.05) is 0 Å². The van der Waals surface area contributed by atoms with Crippen LogP contribution in [-0.4, -0.2) is 28.6 Å². The van der Waals surface area contributed by atoms with Gasteiger partial charge in [-0.25, -0.2) is 4.39 Å². The molecule has 0 bridgehead atoms. The second kappa shape index (κ2) is 5.74. The second-order valence-electron chi connectivity index (χ2n) is 4.47. The molecule has 0 aliphatic carbocycles. The summed E-state index contributed by atoms with van der Waals surface area (Å²) in [4.78, 5) is 24.0. The third-order valence-corrected chi connectivity index (χ3v) is 3.01. The first-order valence-corrected chi connectivity index (χ1v) is 6.26. The Morgan fingerprint density at radius 3 is 2.38 bits per heavy atom. The minimum atomic E-state index is -0.434. The minimum absolute atomic E-state index is 0.255. The molecule has 21 heavy (non-hydrogen) atoms. The number of hydrogen-bond donors (Lipinski definition) is 2. The molecule has 2 N–H and O–H groups in total. The first kappa shape index (κ1) is 14.7. The lowest BCUT2D eigenvalue weighted by molar-refractivity contribution is 0.0954. The van der Waals surface area contributed by atoms with Gasteiger partial charge in [-0.05, 0) is 31.2 Å². The Hall–Kier alpha value is -2.70. The number of nitrogens with zero attached hydrogens (tertiary/aromatic N) is 2. The van der Waals surface area contributed by atoms with Gasteiger partial charge < -0.3 is 10.6 Å². The summed E-state index contributed by atoms with van der Waals surface area (Å²) < 4.78 is 14.3. The summed E-state index contributed by atoms with van der Waals surface area (Å²) in [5.74, 6) is -1.21. The molecule has 0 aliphatic heterocycles. The number of hydrogen-bond acceptors (Lipinski definition) is 3. The number of aryl methyl sites for hydroxylation is 2. The smallest absolute Gasteiger partial charge is 0.271 e. The molecule has 0 unspecified atom stereocenters. The van der Waals surface area contributed by atoms with E-state index in [2.05, 4.69) is 15.7 Å². The van der Waals surface area contributed by atoms with E-state index >= 15 is 0 Å². The molecule has 0 saturated carbocycles. The van der Waals surface area contributed by atoms with Gasteiger partial charge in [0, 0.05) is 19.7 Å². The second-order valence-corrected chi connectivity index (χ2v) is 4.47. The van der Waals surface area contributed by atoms with Gasteiger partial charge in [0.05, 0.1) is 11.4 Å². The predicted octanol–water partition coefficient (Wildman–Crippen LogP) is 1.48. The molecular weight excluding hydrogens is 275 g/mol. The van der Waals surface area contributed by atoms with Crippen LogP contribution in [0.4, 0.5) is 10.1 Å². The number of anilines is 1. The quantitative estimate of drug-likeness (QED) is 0.899. The van der Waals surface area contributed by atoms with Gasteiger partial charge in [0.2, 0.25) is 0 Å². The molecule has 1 heterocycles. The average Bonchev–Trinajstić information content (AvgIpc) is 2.73. The summed E-state index contributed by atoms with van der Waals surface area (Å²) in [6.07, 6.45) is 0. The molecule has 2 aromatic rings. The van der Waals surface area contributed by atoms with Gasteiger partial charge in [-0.1, -0.05) is 0 Å². The standard InChI is InChI=1S/C14H15FN4O2/c1-8-11(12(14(21)16-2)19(3)18-8)17-13(20)9-4-6-10(15)7-5-9/h4-7H,1-3H3,(H,16,21)(H,17,20). The van der Waals surface area contributed by atoms with E-state index in [0.29, 0.717) is 16.9 Å². The maximum absolute atomic E-state index is 12.9. The number of amides is 2. The number of halogens is 1. The van der Waals surface area contributed by atoms with Crippen LogP contribution in [0.2, 0.25) is 0 Å². The van der Waals surface area contributed by atoms with E-state index in [9.17, 15) is 14.0 Å². The molecule has 0 radical (unpaired) electrons. The van der Waals surface area contributed by atoms with Crippen LogP contribution >= 0.6 is 0 Å². The van der Waals surface area contributed by atoms with Gasteiger partial charge in [0.25, 0.3) is 11.8 Å². The van der Waals surface area contributed by atoms with Gasteiger partial charge in [-0.2, -0.15) is 5.10 Å². The molecular formula is C14H15FN4O2. The minimum Gasteiger partial charge on any atom is -0.354 e. The van der Waals surface area contributed by atoms with Gasteiger partial charge in [-0.3, -0.25) is 14.3 Å². The lowest BCUT2D eigenvalue weighted by Crippen LogP contribution is -2.23. The van der Waals surface area contributed by atoms with Gasteiger partial charge in [0.15, 0.2) is 0 Å². The molecule has 0 spiro atoms. The normalized spacial score (nSPS) is 10.3. The summed E-state index contributed by atoms with van der Waals surface area (Å²) in [5.41, 5.74) is 1.41. The van der Waals surface area contributed by atoms with Crippen molar-refractivity contribution in [2.75, 3.05) is 12.4 Å². The molecule has 2 rings (SSSR count). The molecule has 1 aromatic carbocycles. The Morgan fingerprint density at radius 2 is 1.81 bits per heavy atom. The fourth-order valence-electron chi connectivity index (χ4n) is 1.97. The average molecular weight is 290 g/mol. The van der Waals surface area contributed by atoms with E-state index in [1.54, 1.807) is 14.0 Å². The highest BCUT2D eigenvalue weighted by atomic mass is 19.1.